The number of halogens is 2. The van der Waals surface area contributed by atoms with Gasteiger partial charge < -0.3 is 147 Å². The molecule has 128 heavy (non-hydrogen) atoms. The lowest BCUT2D eigenvalue weighted by Gasteiger charge is -2.41. The number of nitrogens with one attached hydrogen (secondary N) is 9. The quantitative estimate of drug-likeness (QED) is 0.0423. The second-order valence-corrected chi connectivity index (χ2v) is 33.5. The maximum absolute atomic E-state index is 16.8. The Morgan fingerprint density at radius 1 is 0.562 bits per heavy atom. The summed E-state index contributed by atoms with van der Waals surface area (Å²) in [7, 11) is 4.95. The number of hydrogen-bond donors (Lipinski definition) is 21. The molecular weight excluding hydrogens is 1720 g/mol. The number of aliphatic hydroxyl groups is 7. The summed E-state index contributed by atoms with van der Waals surface area (Å²) < 4.78 is 44.4. The van der Waals surface area contributed by atoms with Crippen LogP contribution in [0, 0.1) is 5.92 Å². The van der Waals surface area contributed by atoms with Gasteiger partial charge in [0.1, 0.15) is 131 Å². The minimum absolute atomic E-state index is 0.0944. The van der Waals surface area contributed by atoms with Crippen molar-refractivity contribution in [3.8, 4) is 80.1 Å². The number of amides is 8. The Morgan fingerprint density at radius 3 is 1.91 bits per heavy atom. The van der Waals surface area contributed by atoms with Crippen molar-refractivity contribution in [2.75, 3.05) is 40.8 Å². The molecule has 17 bridgehead atoms. The maximum Gasteiger partial charge on any atom is 0.335 e. The predicted molar refractivity (Wildman–Crippen MR) is 452 cm³/mol. The van der Waals surface area contributed by atoms with Gasteiger partial charge in [0.25, 0.3) is 0 Å². The highest BCUT2D eigenvalue weighted by Crippen LogP contribution is 2.51. The molecule has 40 heteroatoms. The van der Waals surface area contributed by atoms with Crippen LogP contribution in [0.2, 0.25) is 10.0 Å². The number of phenolic OH excluding ortho intramolecular Hbond substituents is 4. The number of carbonyl (C=O) groups is 9. The first-order valence-electron chi connectivity index (χ1n) is 41.5. The van der Waals surface area contributed by atoms with E-state index in [9.17, 15) is 75.7 Å². The van der Waals surface area contributed by atoms with Crippen LogP contribution in [0.3, 0.4) is 0 Å². The zero-order chi connectivity index (χ0) is 92.0. The number of phenols is 4. The van der Waals surface area contributed by atoms with Crippen LogP contribution < -0.4 is 71.5 Å². The molecule has 9 heterocycles. The fraction of sp³-hybridized carbons (Fsp3) is 0.420. The number of fused-ring (bicyclic) bond motifs is 14. The minimum Gasteiger partial charge on any atom is -0.508 e. The fourth-order valence-electron chi connectivity index (χ4n) is 15.9. The first kappa shape index (κ1) is 93.7. The molecule has 7 aromatic rings. The van der Waals surface area contributed by atoms with Gasteiger partial charge >= 0.3 is 5.97 Å². The number of likely N-dealkylation sites (N-methyl/N-ethyl adjacent to an activating group) is 1. The number of aromatic hydroxyl groups is 4. The molecule has 8 amide bonds. The highest BCUT2D eigenvalue weighted by Gasteiger charge is 2.52. The third-order valence-electron chi connectivity index (χ3n) is 22.7. The topological polar surface area (TPSA) is 573 Å². The van der Waals surface area contributed by atoms with Crippen molar-refractivity contribution in [1.29, 1.82) is 0 Å². The first-order chi connectivity index (χ1) is 61.1. The van der Waals surface area contributed by atoms with Crippen molar-refractivity contribution in [3.05, 3.63) is 164 Å². The van der Waals surface area contributed by atoms with Crippen molar-refractivity contribution in [2.24, 2.45) is 5.92 Å². The molecule has 0 radical (unpaired) electrons. The number of nitrogens with zero attached hydrogens (tertiary/aromatic N) is 1. The Kier molecular flexibility index (Phi) is 29.7. The molecule has 16 rings (SSSR count). The third kappa shape index (κ3) is 21.1. The van der Waals surface area contributed by atoms with Crippen LogP contribution in [-0.4, -0.2) is 234 Å². The number of aliphatic carboxylic acids is 1. The van der Waals surface area contributed by atoms with Crippen molar-refractivity contribution in [3.63, 3.8) is 0 Å². The molecule has 9 aliphatic heterocycles. The van der Waals surface area contributed by atoms with Crippen LogP contribution in [0.15, 0.2) is 115 Å². The molecular formula is C88H100Cl2N10O28. The Morgan fingerprint density at radius 2 is 1.22 bits per heavy atom. The zero-order valence-electron chi connectivity index (χ0n) is 69.7. The number of carboxylic acids is 1. The van der Waals surface area contributed by atoms with Crippen molar-refractivity contribution >= 4 is 76.4 Å². The summed E-state index contributed by atoms with van der Waals surface area (Å²) in [5.41, 5.74) is -2.72. The lowest BCUT2D eigenvalue weighted by atomic mass is 9.89. The molecule has 684 valence electrons. The Bertz CT molecular complexity index is 5340. The summed E-state index contributed by atoms with van der Waals surface area (Å²) in [5, 5.41) is 161. The van der Waals surface area contributed by atoms with E-state index in [-0.39, 0.29) is 53.3 Å². The molecule has 0 spiro atoms. The number of carbonyl (C=O) groups excluding carboxylic acids is 8. The number of benzene rings is 7. The lowest BCUT2D eigenvalue weighted by Crippen LogP contribution is -2.66. The van der Waals surface area contributed by atoms with Gasteiger partial charge in [-0.2, -0.15) is 0 Å². The number of aliphatic hydroxyl groups excluding tert-OH is 7. The van der Waals surface area contributed by atoms with E-state index in [1.807, 2.05) is 0 Å². The molecule has 0 aliphatic carbocycles. The molecule has 38 nitrogen and oxygen atoms in total. The van der Waals surface area contributed by atoms with Gasteiger partial charge in [0.05, 0.1) is 16.7 Å². The number of carboxylic acid groups (broad SMARTS) is 1. The predicted octanol–water partition coefficient (Wildman–Crippen LogP) is 4.17. The number of unbranched alkanes of at least 4 members (excludes halogenated alkanes) is 5. The summed E-state index contributed by atoms with van der Waals surface area (Å²) in [6.07, 6.45) is -15.8. The molecule has 21 N–H and O–H groups in total. The molecule has 2 fully saturated rings. The van der Waals surface area contributed by atoms with E-state index < -0.39 is 271 Å². The molecule has 0 aromatic heterocycles. The van der Waals surface area contributed by atoms with Crippen LogP contribution in [-0.2, 0) is 59.0 Å². The Hall–Kier alpha value is -11.9. The summed E-state index contributed by atoms with van der Waals surface area (Å²) in [6, 6.07) is 5.66. The van der Waals surface area contributed by atoms with Crippen molar-refractivity contribution in [1.82, 2.24) is 52.8 Å². The van der Waals surface area contributed by atoms with Gasteiger partial charge in [-0.3, -0.25) is 38.4 Å². The highest BCUT2D eigenvalue weighted by atomic mass is 35.5. The van der Waals surface area contributed by atoms with Crippen molar-refractivity contribution < 1.29 is 138 Å². The van der Waals surface area contributed by atoms with Crippen molar-refractivity contribution in [2.45, 2.75) is 188 Å². The van der Waals surface area contributed by atoms with E-state index in [0.29, 0.717) is 25.3 Å². The van der Waals surface area contributed by atoms with E-state index in [1.54, 1.807) is 19.0 Å². The van der Waals surface area contributed by atoms with Crippen LogP contribution >= 0.6 is 23.2 Å². The van der Waals surface area contributed by atoms with E-state index >= 15 is 28.8 Å². The first-order valence-corrected chi connectivity index (χ1v) is 42.3. The summed E-state index contributed by atoms with van der Waals surface area (Å²) in [4.78, 5) is 140. The van der Waals surface area contributed by atoms with Gasteiger partial charge in [0.2, 0.25) is 65.6 Å². The zero-order valence-corrected chi connectivity index (χ0v) is 71.2. The number of ether oxygens (including phenoxy) is 7. The average Bonchev–Trinajstić information content (AvgIpc) is 0.852. The van der Waals surface area contributed by atoms with Gasteiger partial charge in [0, 0.05) is 48.2 Å². The second-order valence-electron chi connectivity index (χ2n) is 32.7. The largest absolute Gasteiger partial charge is 0.508 e. The summed E-state index contributed by atoms with van der Waals surface area (Å²) in [6.45, 7) is 3.61. The van der Waals surface area contributed by atoms with Crippen LogP contribution in [0.1, 0.15) is 147 Å². The average molecular weight is 1820 g/mol. The van der Waals surface area contributed by atoms with E-state index in [1.165, 1.54) is 49.5 Å². The third-order valence-corrected chi connectivity index (χ3v) is 23.4. The standard InChI is InChI=1S/C88H100Cl2N10O28/c1-38(2)13-10-8-6-7-9-11-14-61(106)94-70-73(109)75(111)78(86(120)121)128-87(70)127-77-58-31-43-32-59(77)124-55-23-19-42(29-50(55)89)71(107)69-85(119)98-67(80(114)92-25-12-26-100(4)5)48-33-44(102)34-57(125-88-76(112)74(110)72(108)60(37-101)126-88)62(48)47-28-40(17-22-52(47)103)65(82(116)99-69)95-83(117)66(43)96-84(118)68-49-35-46(36-54(105)63(49)90)123-56-24-18-41(30-53(56)104)64(91-3)81(115)93-51(79(113)97-68)27-39-15-20-45(122-58)21-16-39/h15-24,28-36,38,51,60,64-76,78,87-88,91,101-105,107-112H,6-14,25-27,37H2,1-5H3,(H,92,114)(H,93,115)(H,94,106)(H,95,117)(H,96,118)(H,97,113)(H,98,119)(H,99,116)(H,120,121)/t51-,60-,64-,65?,66-,67+,68+,69+,70-,71-,72-,73-,74+,75+,76+,78+,87-,88+/m1/s1. The number of rotatable bonds is 22. The second kappa shape index (κ2) is 40.6. The SMILES string of the molecule is CN[C@H]1C(=O)N[C@@H]2Cc3ccc(cc3)Oc3cc4cc(c3O[C@@H]3O[C@H](C(=O)O)[C@@H](O)[C@H](O)[C@H]3NC(=O)CCCCCCCCC(C)C)Oc3ccc(cc3Cl)[C@@H](O)[C@@H]3NC(=O)C(NC(=O)[C@@H]4NC(=O)[C@@H](NC2=O)c2cc(cc(O)c2Cl)Oc2ccc1cc2O)c1ccc(O)c(c1)-c1c(O[C@H]2O[C@H](CO)[C@@H](O)[C@H](O)[C@@H]2O)cc(O)cc1[C@@H](C(=O)NCCCN(C)C)NC3=O. The van der Waals surface area contributed by atoms with E-state index in [4.69, 9.17) is 56.4 Å². The molecule has 9 aliphatic rings. The monoisotopic (exact) mass is 1810 g/mol. The van der Waals surface area contributed by atoms with Gasteiger partial charge in [0.15, 0.2) is 29.1 Å². The smallest absolute Gasteiger partial charge is 0.335 e. The van der Waals surface area contributed by atoms with Crippen LogP contribution in [0.4, 0.5) is 0 Å². The molecule has 18 atom stereocenters. The normalized spacial score (nSPS) is 25.8. The van der Waals surface area contributed by atoms with E-state index in [0.717, 1.165) is 105 Å². The molecule has 7 aromatic carbocycles. The molecule has 1 unspecified atom stereocenters. The van der Waals surface area contributed by atoms with Crippen LogP contribution in [0.5, 0.6) is 69.0 Å². The van der Waals surface area contributed by atoms with Gasteiger partial charge in [-0.15, -0.1) is 0 Å². The van der Waals surface area contributed by atoms with Crippen LogP contribution in [0.25, 0.3) is 11.1 Å². The highest BCUT2D eigenvalue weighted by molar-refractivity contribution is 6.33. The molecule has 0 saturated carbocycles. The van der Waals surface area contributed by atoms with Gasteiger partial charge in [-0.05, 0) is 153 Å². The lowest BCUT2D eigenvalue weighted by molar-refractivity contribution is -0.277. The minimum atomic E-state index is -2.45. The van der Waals surface area contributed by atoms with Gasteiger partial charge in [-0.25, -0.2) is 4.79 Å². The summed E-state index contributed by atoms with van der Waals surface area (Å²) >= 11 is 14.3. The number of hydrogen-bond acceptors (Lipinski definition) is 29. The fourth-order valence-corrected chi connectivity index (χ4v) is 16.4. The maximum atomic E-state index is 16.8. The summed E-state index contributed by atoms with van der Waals surface area (Å²) in [5.74, 6) is -17.5. The Labute approximate surface area is 742 Å². The molecule has 2 saturated heterocycles. The Balaban J connectivity index is 1.04. The van der Waals surface area contributed by atoms with Gasteiger partial charge in [-0.1, -0.05) is 106 Å². The van der Waals surface area contributed by atoms with E-state index in [2.05, 4.69) is 61.7 Å².